The van der Waals surface area contributed by atoms with E-state index in [0.717, 1.165) is 46.1 Å². The summed E-state index contributed by atoms with van der Waals surface area (Å²) < 4.78 is 5.98. The molecule has 29 heavy (non-hydrogen) atoms. The van der Waals surface area contributed by atoms with Gasteiger partial charge in [-0.1, -0.05) is 49.5 Å². The lowest BCUT2D eigenvalue weighted by Crippen LogP contribution is -2.06. The first-order chi connectivity index (χ1) is 14.0. The average molecular weight is 435 g/mol. The Morgan fingerprint density at radius 3 is 2.72 bits per heavy atom. The first-order valence-corrected chi connectivity index (χ1v) is 11.4. The van der Waals surface area contributed by atoms with E-state index in [4.69, 9.17) is 16.3 Å². The lowest BCUT2D eigenvalue weighted by molar-refractivity contribution is 0.311. The van der Waals surface area contributed by atoms with Crippen LogP contribution in [-0.2, 0) is 6.42 Å². The normalized spacial score (nSPS) is 11.7. The fraction of sp³-hybridized carbons (Fsp3) is 0.435. The number of thioether (sulfide) groups is 1. The van der Waals surface area contributed by atoms with Crippen molar-refractivity contribution in [3.05, 3.63) is 52.0 Å². The van der Waals surface area contributed by atoms with E-state index in [-0.39, 0.29) is 5.75 Å². The van der Waals surface area contributed by atoms with Gasteiger partial charge in [0, 0.05) is 21.8 Å². The zero-order valence-corrected chi connectivity index (χ0v) is 18.9. The van der Waals surface area contributed by atoms with Crippen LogP contribution in [0.2, 0.25) is 5.02 Å². The van der Waals surface area contributed by atoms with Gasteiger partial charge >= 0.3 is 0 Å². The highest BCUT2D eigenvalue weighted by molar-refractivity contribution is 7.99. The van der Waals surface area contributed by atoms with Crippen molar-refractivity contribution in [1.82, 2.24) is 0 Å². The minimum Gasteiger partial charge on any atom is -0.507 e. The monoisotopic (exact) mass is 434 g/mol. The van der Waals surface area contributed by atoms with Gasteiger partial charge in [0.1, 0.15) is 11.5 Å². The highest BCUT2D eigenvalue weighted by Crippen LogP contribution is 2.34. The van der Waals surface area contributed by atoms with E-state index in [1.54, 1.807) is 17.8 Å². The van der Waals surface area contributed by atoms with Crippen molar-refractivity contribution in [3.8, 4) is 11.5 Å². The van der Waals surface area contributed by atoms with Crippen LogP contribution in [0.1, 0.15) is 56.2 Å². The lowest BCUT2D eigenvalue weighted by atomic mass is 9.98. The van der Waals surface area contributed by atoms with Crippen LogP contribution in [0, 0.1) is 13.0 Å². The largest absolute Gasteiger partial charge is 0.507 e. The van der Waals surface area contributed by atoms with Gasteiger partial charge < -0.3 is 15.1 Å². The lowest BCUT2D eigenvalue weighted by Gasteiger charge is -2.16. The summed E-state index contributed by atoms with van der Waals surface area (Å²) in [7, 11) is 0. The highest BCUT2D eigenvalue weighted by atomic mass is 35.5. The molecule has 157 valence electrons. The molecule has 4 nitrogen and oxygen atoms in total. The van der Waals surface area contributed by atoms with Crippen LogP contribution in [-0.4, -0.2) is 28.4 Å². The van der Waals surface area contributed by atoms with Crippen LogP contribution in [0.5, 0.6) is 11.5 Å². The van der Waals surface area contributed by atoms with Gasteiger partial charge in [0.15, 0.2) is 0 Å². The summed E-state index contributed by atoms with van der Waals surface area (Å²) in [6, 6.07) is 10.6. The highest BCUT2D eigenvalue weighted by Gasteiger charge is 2.17. The van der Waals surface area contributed by atoms with Crippen LogP contribution in [0.4, 0.5) is 0 Å². The van der Waals surface area contributed by atoms with E-state index in [2.05, 4.69) is 18.1 Å². The number of benzene rings is 2. The Morgan fingerprint density at radius 2 is 2.03 bits per heavy atom. The number of nitrogens with zero attached hydrogens (tertiary/aromatic N) is 1. The molecule has 0 saturated heterocycles. The predicted octanol–water partition coefficient (Wildman–Crippen LogP) is 6.65. The number of rotatable bonds is 11. The van der Waals surface area contributed by atoms with E-state index in [1.165, 1.54) is 0 Å². The molecule has 1 radical (unpaired) electrons. The van der Waals surface area contributed by atoms with E-state index >= 15 is 0 Å². The van der Waals surface area contributed by atoms with Gasteiger partial charge in [0.2, 0.25) is 0 Å². The zero-order valence-electron chi connectivity index (χ0n) is 17.3. The molecule has 0 bridgehead atoms. The number of aromatic hydroxyl groups is 1. The molecule has 0 fully saturated rings. The molecule has 2 N–H and O–H groups in total. The van der Waals surface area contributed by atoms with Gasteiger partial charge in [-0.2, -0.15) is 0 Å². The molecule has 0 aliphatic carbocycles. The number of hydrogen-bond acceptors (Lipinski definition) is 5. The molecule has 0 spiro atoms. The molecule has 0 aromatic heterocycles. The van der Waals surface area contributed by atoms with E-state index in [9.17, 15) is 10.3 Å². The fourth-order valence-electron chi connectivity index (χ4n) is 3.05. The van der Waals surface area contributed by atoms with Crippen LogP contribution in [0.15, 0.2) is 34.3 Å². The van der Waals surface area contributed by atoms with Crippen LogP contribution >= 0.6 is 23.4 Å². The molecule has 0 atom stereocenters. The van der Waals surface area contributed by atoms with Gasteiger partial charge in [0.25, 0.3) is 0 Å². The molecule has 6 heteroatoms. The maximum absolute atomic E-state index is 10.7. The zero-order chi connectivity index (χ0) is 21.2. The van der Waals surface area contributed by atoms with E-state index < -0.39 is 0 Å². The third kappa shape index (κ3) is 6.31. The number of halogens is 1. The number of ether oxygens (including phenoxy) is 1. The first-order valence-electron chi connectivity index (χ1n) is 10.0. The Hall–Kier alpha value is -1.85. The average Bonchev–Trinajstić information content (AvgIpc) is 2.71. The third-order valence-electron chi connectivity index (χ3n) is 4.54. The van der Waals surface area contributed by atoms with Crippen molar-refractivity contribution in [2.45, 2.75) is 57.8 Å². The molecular weight excluding hydrogens is 406 g/mol. The summed E-state index contributed by atoms with van der Waals surface area (Å²) in [6.07, 6.45) is 3.87. The summed E-state index contributed by atoms with van der Waals surface area (Å²) in [6.45, 7) is 6.57. The second-order valence-electron chi connectivity index (χ2n) is 6.82. The van der Waals surface area contributed by atoms with Crippen molar-refractivity contribution < 1.29 is 15.1 Å². The Labute approximate surface area is 182 Å². The molecule has 0 amide bonds. The first kappa shape index (κ1) is 23.4. The Kier molecular flexibility index (Phi) is 9.68. The van der Waals surface area contributed by atoms with Gasteiger partial charge in [0.05, 0.1) is 17.3 Å². The van der Waals surface area contributed by atoms with Crippen molar-refractivity contribution >= 4 is 29.1 Å². The maximum atomic E-state index is 10.7. The summed E-state index contributed by atoms with van der Waals surface area (Å²) >= 11 is 8.01. The minimum atomic E-state index is 0.155. The maximum Gasteiger partial charge on any atom is 0.131 e. The van der Waals surface area contributed by atoms with Gasteiger partial charge in [-0.15, -0.1) is 11.8 Å². The standard InChI is InChI=1S/C23H29ClNO3S/c1-4-8-18-20(13-12-17(23(18)26)19(25-27)9-5-2)28-14-7-15-29-21-11-6-10-16(3)22(21)24/h6,11-13,26-27H,4-5,7-9,14-15H2,1-3H3. The molecule has 0 saturated carbocycles. The molecule has 2 aromatic rings. The van der Waals surface area contributed by atoms with E-state index in [0.29, 0.717) is 36.5 Å². The fourth-order valence-corrected chi connectivity index (χ4v) is 4.26. The number of hydrogen-bond donors (Lipinski definition) is 2. The number of phenolic OH excluding ortho intramolecular Hbond substituents is 1. The van der Waals surface area contributed by atoms with Crippen LogP contribution in [0.3, 0.4) is 0 Å². The van der Waals surface area contributed by atoms with Crippen molar-refractivity contribution in [2.24, 2.45) is 5.16 Å². The number of aryl methyl sites for hydroxylation is 1. The minimum absolute atomic E-state index is 0.155. The van der Waals surface area contributed by atoms with Crippen molar-refractivity contribution in [2.75, 3.05) is 12.4 Å². The summed E-state index contributed by atoms with van der Waals surface area (Å²) in [5.74, 6) is 1.73. The Balaban J connectivity index is 2.01. The molecule has 0 unspecified atom stereocenters. The smallest absolute Gasteiger partial charge is 0.131 e. The van der Waals surface area contributed by atoms with Crippen molar-refractivity contribution in [1.29, 1.82) is 0 Å². The second-order valence-corrected chi connectivity index (χ2v) is 8.33. The number of phenols is 1. The van der Waals surface area contributed by atoms with Crippen molar-refractivity contribution in [3.63, 3.8) is 0 Å². The summed E-state index contributed by atoms with van der Waals surface area (Å²) in [5, 5.41) is 24.2. The predicted molar refractivity (Wildman–Crippen MR) is 121 cm³/mol. The van der Waals surface area contributed by atoms with Gasteiger partial charge in [-0.3, -0.25) is 0 Å². The molecular formula is C23H29ClNO3S. The van der Waals surface area contributed by atoms with Crippen LogP contribution < -0.4 is 4.74 Å². The van der Waals surface area contributed by atoms with Crippen LogP contribution in [0.25, 0.3) is 0 Å². The third-order valence-corrected chi connectivity index (χ3v) is 6.29. The quantitative estimate of drug-likeness (QED) is 0.137. The van der Waals surface area contributed by atoms with Gasteiger partial charge in [-0.05, 0) is 56.0 Å². The molecule has 0 aliphatic rings. The Morgan fingerprint density at radius 1 is 1.24 bits per heavy atom. The van der Waals surface area contributed by atoms with E-state index in [1.807, 2.05) is 32.0 Å². The number of oxime groups is 1. The Bertz CT molecular complexity index is 839. The molecule has 2 rings (SSSR count). The molecule has 0 aliphatic heterocycles. The van der Waals surface area contributed by atoms with Gasteiger partial charge in [-0.25, -0.2) is 0 Å². The summed E-state index contributed by atoms with van der Waals surface area (Å²) in [5.41, 5.74) is 2.80. The molecule has 2 aromatic carbocycles. The molecule has 0 heterocycles. The SMILES string of the molecule is CCCC(=NO)c1ccc(OCCCSc2cc[c]c(C)c2Cl)c(CCC)c1O. The summed E-state index contributed by atoms with van der Waals surface area (Å²) in [4.78, 5) is 1.06. The second kappa shape index (κ2) is 12.0. The topological polar surface area (TPSA) is 62.1 Å².